The molecule has 7 heteroatoms. The fourth-order valence-electron chi connectivity index (χ4n) is 3.30. The van der Waals surface area contributed by atoms with E-state index in [4.69, 9.17) is 9.16 Å². The third-order valence-corrected chi connectivity index (χ3v) is 11.6. The van der Waals surface area contributed by atoms with Gasteiger partial charge in [0, 0.05) is 6.08 Å². The monoisotopic (exact) mass is 449 g/mol. The minimum atomic E-state index is -2.19. The lowest BCUT2D eigenvalue weighted by molar-refractivity contribution is -0.158. The van der Waals surface area contributed by atoms with Gasteiger partial charge in [0.2, 0.25) is 5.91 Å². The summed E-state index contributed by atoms with van der Waals surface area (Å²) in [7, 11) is -3.77. The van der Waals surface area contributed by atoms with E-state index in [1.807, 2.05) is 6.92 Å². The molecule has 1 amide bonds. The highest BCUT2D eigenvalue weighted by molar-refractivity contribution is 6.83. The molecular weight excluding hydrogens is 410 g/mol. The van der Waals surface area contributed by atoms with Gasteiger partial charge < -0.3 is 14.5 Å². The summed E-state index contributed by atoms with van der Waals surface area (Å²) in [5.74, 6) is 2.58. The number of hydrogen-bond donors (Lipinski definition) is 1. The molecule has 2 rings (SSSR count). The molecule has 1 fully saturated rings. The Bertz CT molecular complexity index is 791. The van der Waals surface area contributed by atoms with Gasteiger partial charge >= 0.3 is 5.97 Å². The molecule has 0 unspecified atom stereocenters. The van der Waals surface area contributed by atoms with Crippen molar-refractivity contribution < 1.29 is 18.8 Å². The molecule has 0 aromatic carbocycles. The molecule has 1 saturated carbocycles. The topological polar surface area (TPSA) is 64.6 Å². The summed E-state index contributed by atoms with van der Waals surface area (Å²) in [4.78, 5) is 25.9. The summed E-state index contributed by atoms with van der Waals surface area (Å²) < 4.78 is 12.6. The van der Waals surface area contributed by atoms with Gasteiger partial charge in [-0.3, -0.25) is 4.79 Å². The molecule has 0 radical (unpaired) electrons. The predicted molar refractivity (Wildman–Crippen MR) is 126 cm³/mol. The van der Waals surface area contributed by atoms with Crippen LogP contribution in [0.3, 0.4) is 0 Å². The molecule has 1 heterocycles. The van der Waals surface area contributed by atoms with E-state index >= 15 is 0 Å². The quantitative estimate of drug-likeness (QED) is 0.370. The van der Waals surface area contributed by atoms with Gasteiger partial charge in [-0.15, -0.1) is 5.54 Å². The average molecular weight is 450 g/mol. The maximum absolute atomic E-state index is 13.6. The van der Waals surface area contributed by atoms with Gasteiger partial charge in [-0.2, -0.15) is 0 Å². The molecule has 0 aromatic rings. The first-order valence-electron chi connectivity index (χ1n) is 10.9. The summed E-state index contributed by atoms with van der Waals surface area (Å²) >= 11 is 0. The molecule has 0 bridgehead atoms. The first-order valence-corrected chi connectivity index (χ1v) is 17.3. The van der Waals surface area contributed by atoms with Crippen molar-refractivity contribution >= 4 is 28.3 Å². The molecule has 168 valence electrons. The number of ether oxygens (including phenoxy) is 1. The molecule has 1 aliphatic heterocycles. The van der Waals surface area contributed by atoms with Crippen molar-refractivity contribution in [2.75, 3.05) is 0 Å². The molecule has 2 aliphatic rings. The summed E-state index contributed by atoms with van der Waals surface area (Å²) in [5.41, 5.74) is 2.65. The Morgan fingerprint density at radius 2 is 1.80 bits per heavy atom. The standard InChI is InChI=1S/C23H39NO4Si2/c1-16-15-19(25)24-23(16,21(26)27-17(2)13-14-29(6,7)8)20(18-11-12-18)28-30(9,10)22(3,4)5/h15,17-18,20H,11-12H2,1-10H3,(H,24,25)/t17-,20-,23-/m0/s1. The molecule has 0 spiro atoms. The van der Waals surface area contributed by atoms with Crippen molar-refractivity contribution in [2.45, 2.75) is 103 Å². The first kappa shape index (κ1) is 24.9. The minimum Gasteiger partial charge on any atom is -0.447 e. The molecule has 30 heavy (non-hydrogen) atoms. The number of esters is 1. The Morgan fingerprint density at radius 3 is 2.20 bits per heavy atom. The van der Waals surface area contributed by atoms with Crippen LogP contribution in [0.4, 0.5) is 0 Å². The van der Waals surface area contributed by atoms with Crippen LogP contribution >= 0.6 is 0 Å². The zero-order valence-electron chi connectivity index (χ0n) is 20.4. The van der Waals surface area contributed by atoms with Crippen molar-refractivity contribution in [1.29, 1.82) is 0 Å². The van der Waals surface area contributed by atoms with E-state index in [2.05, 4.69) is 70.3 Å². The zero-order valence-corrected chi connectivity index (χ0v) is 22.4. The molecule has 1 N–H and O–H groups in total. The Balaban J connectivity index is 2.41. The second-order valence-electron chi connectivity index (χ2n) is 11.3. The van der Waals surface area contributed by atoms with E-state index in [0.29, 0.717) is 5.57 Å². The molecule has 0 aromatic heterocycles. The molecular formula is C23H39NO4Si2. The van der Waals surface area contributed by atoms with Gasteiger partial charge in [-0.1, -0.05) is 46.3 Å². The SMILES string of the molecule is CC1=CC(=O)N[C@]1(C(=O)O[C@@H](C)C#C[Si](C)(C)C)[C@@H](O[Si](C)(C)C(C)(C)C)C1CC1. The number of amides is 1. The largest absolute Gasteiger partial charge is 0.447 e. The van der Waals surface area contributed by atoms with Gasteiger partial charge in [-0.05, 0) is 56.3 Å². The van der Waals surface area contributed by atoms with Gasteiger partial charge in [0.15, 0.2) is 20.0 Å². The van der Waals surface area contributed by atoms with Crippen LogP contribution in [0.5, 0.6) is 0 Å². The average Bonchev–Trinajstić information content (AvgIpc) is 3.34. The van der Waals surface area contributed by atoms with Crippen LogP contribution in [-0.2, 0) is 18.8 Å². The highest BCUT2D eigenvalue weighted by Gasteiger charge is 2.60. The molecule has 5 nitrogen and oxygen atoms in total. The maximum atomic E-state index is 13.6. The van der Waals surface area contributed by atoms with Gasteiger partial charge in [-0.25, -0.2) is 4.79 Å². The summed E-state index contributed by atoms with van der Waals surface area (Å²) in [6.07, 6.45) is 2.51. The van der Waals surface area contributed by atoms with Crippen LogP contribution in [0.25, 0.3) is 0 Å². The summed E-state index contributed by atoms with van der Waals surface area (Å²) in [5, 5.41) is 2.93. The molecule has 1 aliphatic carbocycles. The number of carbonyl (C=O) groups is 2. The number of carbonyl (C=O) groups excluding carboxylic acids is 2. The molecule has 0 saturated heterocycles. The van der Waals surface area contributed by atoms with Crippen molar-refractivity contribution in [1.82, 2.24) is 5.32 Å². The number of rotatable bonds is 6. The number of nitrogens with one attached hydrogen (secondary N) is 1. The van der Waals surface area contributed by atoms with Crippen molar-refractivity contribution in [3.8, 4) is 11.5 Å². The third kappa shape index (κ3) is 5.46. The fourth-order valence-corrected chi connectivity index (χ4v) is 5.29. The normalized spacial score (nSPS) is 24.3. The third-order valence-electron chi connectivity index (χ3n) is 6.25. The highest BCUT2D eigenvalue weighted by Crippen LogP contribution is 2.48. The molecule has 3 atom stereocenters. The number of hydrogen-bond acceptors (Lipinski definition) is 4. The Labute approximate surface area is 184 Å². The van der Waals surface area contributed by atoms with Crippen LogP contribution in [0.2, 0.25) is 37.8 Å². The van der Waals surface area contributed by atoms with E-state index in [1.165, 1.54) is 6.08 Å². The minimum absolute atomic E-state index is 0.0123. The van der Waals surface area contributed by atoms with Crippen molar-refractivity contribution in [3.05, 3.63) is 11.6 Å². The second-order valence-corrected chi connectivity index (χ2v) is 20.8. The van der Waals surface area contributed by atoms with Gasteiger partial charge in [0.1, 0.15) is 8.07 Å². The highest BCUT2D eigenvalue weighted by atomic mass is 28.4. The maximum Gasteiger partial charge on any atom is 0.340 e. The van der Waals surface area contributed by atoms with Crippen LogP contribution in [0.1, 0.15) is 47.5 Å². The Hall–Kier alpha value is -1.37. The van der Waals surface area contributed by atoms with Crippen LogP contribution < -0.4 is 5.32 Å². The van der Waals surface area contributed by atoms with E-state index < -0.39 is 40.1 Å². The van der Waals surface area contributed by atoms with Crippen molar-refractivity contribution in [3.63, 3.8) is 0 Å². The lowest BCUT2D eigenvalue weighted by atomic mass is 9.84. The van der Waals surface area contributed by atoms with Crippen LogP contribution in [0.15, 0.2) is 11.6 Å². The van der Waals surface area contributed by atoms with Crippen molar-refractivity contribution in [2.24, 2.45) is 5.92 Å². The predicted octanol–water partition coefficient (Wildman–Crippen LogP) is 4.41. The van der Waals surface area contributed by atoms with Crippen LogP contribution in [0, 0.1) is 17.4 Å². The summed E-state index contributed by atoms with van der Waals surface area (Å²) in [6, 6.07) is 0. The van der Waals surface area contributed by atoms with Crippen LogP contribution in [-0.4, -0.2) is 46.0 Å². The van der Waals surface area contributed by atoms with E-state index in [1.54, 1.807) is 6.92 Å². The van der Waals surface area contributed by atoms with Gasteiger partial charge in [0.25, 0.3) is 0 Å². The van der Waals surface area contributed by atoms with E-state index in [0.717, 1.165) is 12.8 Å². The second kappa shape index (κ2) is 8.29. The van der Waals surface area contributed by atoms with E-state index in [-0.39, 0.29) is 16.9 Å². The first-order chi connectivity index (χ1) is 13.5. The fraction of sp³-hybridized carbons (Fsp3) is 0.739. The lowest BCUT2D eigenvalue weighted by Gasteiger charge is -2.45. The lowest BCUT2D eigenvalue weighted by Crippen LogP contribution is -2.64. The Kier molecular flexibility index (Phi) is 6.88. The smallest absolute Gasteiger partial charge is 0.340 e. The van der Waals surface area contributed by atoms with Gasteiger partial charge in [0.05, 0.1) is 6.10 Å². The van der Waals surface area contributed by atoms with E-state index in [9.17, 15) is 9.59 Å². The summed E-state index contributed by atoms with van der Waals surface area (Å²) in [6.45, 7) is 21.0. The Morgan fingerprint density at radius 1 is 1.23 bits per heavy atom. The zero-order chi connectivity index (χ0) is 23.1.